The zero-order chi connectivity index (χ0) is 14.3. The van der Waals surface area contributed by atoms with Gasteiger partial charge in [-0.05, 0) is 19.3 Å². The summed E-state index contributed by atoms with van der Waals surface area (Å²) < 4.78 is 0. The van der Waals surface area contributed by atoms with Gasteiger partial charge in [0.2, 0.25) is 5.91 Å². The summed E-state index contributed by atoms with van der Waals surface area (Å²) >= 11 is 0. The number of likely N-dealkylation sites (tertiary alicyclic amines) is 1. The van der Waals surface area contributed by atoms with Crippen LogP contribution in [0.5, 0.6) is 0 Å². The highest BCUT2D eigenvalue weighted by Crippen LogP contribution is 2.06. The fourth-order valence-corrected chi connectivity index (χ4v) is 1.99. The number of amides is 3. The van der Waals surface area contributed by atoms with Crippen molar-refractivity contribution in [1.29, 1.82) is 0 Å². The third kappa shape index (κ3) is 5.15. The highest BCUT2D eigenvalue weighted by atomic mass is 16.4. The molecule has 7 heteroatoms. The van der Waals surface area contributed by atoms with E-state index in [1.807, 2.05) is 6.92 Å². The Kier molecular flexibility index (Phi) is 6.11. The first-order valence-corrected chi connectivity index (χ1v) is 6.59. The van der Waals surface area contributed by atoms with Gasteiger partial charge in [0.05, 0.1) is 6.54 Å². The van der Waals surface area contributed by atoms with Gasteiger partial charge < -0.3 is 20.6 Å². The Hall–Kier alpha value is -1.79. The summed E-state index contributed by atoms with van der Waals surface area (Å²) in [4.78, 5) is 35.7. The molecule has 108 valence electrons. The molecule has 0 aliphatic carbocycles. The summed E-state index contributed by atoms with van der Waals surface area (Å²) in [6.07, 6.45) is 3.01. The smallest absolute Gasteiger partial charge is 0.326 e. The Labute approximate surface area is 112 Å². The largest absolute Gasteiger partial charge is 0.480 e. The lowest BCUT2D eigenvalue weighted by Crippen LogP contribution is -2.48. The van der Waals surface area contributed by atoms with Crippen molar-refractivity contribution in [2.75, 3.05) is 19.6 Å². The summed E-state index contributed by atoms with van der Waals surface area (Å²) in [6.45, 7) is 3.21. The minimum atomic E-state index is -1.07. The molecule has 0 aromatic heterocycles. The molecule has 19 heavy (non-hydrogen) atoms. The number of rotatable bonds is 6. The minimum absolute atomic E-state index is 0.0930. The van der Waals surface area contributed by atoms with Gasteiger partial charge in [0.15, 0.2) is 0 Å². The first-order valence-electron chi connectivity index (χ1n) is 6.59. The molecule has 7 nitrogen and oxygen atoms in total. The maximum Gasteiger partial charge on any atom is 0.326 e. The number of carboxylic acid groups (broad SMARTS) is 1. The van der Waals surface area contributed by atoms with Crippen molar-refractivity contribution in [3.05, 3.63) is 0 Å². The zero-order valence-electron chi connectivity index (χ0n) is 11.1. The standard InChI is InChI=1S/C12H21N3O4/c1-2-5-9(11(17)18)14-12(19)13-8-10(16)15-6-3-4-7-15/h9H,2-8H2,1H3,(H,17,18)(H2,13,14,19)/t9-/m0/s1. The molecule has 1 rings (SSSR count). The molecule has 1 aliphatic rings. The van der Waals surface area contributed by atoms with Gasteiger partial charge in [0, 0.05) is 13.1 Å². The van der Waals surface area contributed by atoms with Crippen molar-refractivity contribution in [1.82, 2.24) is 15.5 Å². The molecular formula is C12H21N3O4. The molecule has 0 radical (unpaired) electrons. The van der Waals surface area contributed by atoms with Crippen LogP contribution in [0.25, 0.3) is 0 Å². The molecule has 0 aromatic carbocycles. The summed E-state index contributed by atoms with van der Waals surface area (Å²) in [5.41, 5.74) is 0. The monoisotopic (exact) mass is 271 g/mol. The average Bonchev–Trinajstić information content (AvgIpc) is 2.89. The Morgan fingerprint density at radius 1 is 1.26 bits per heavy atom. The lowest BCUT2D eigenvalue weighted by molar-refractivity contribution is -0.139. The van der Waals surface area contributed by atoms with Gasteiger partial charge in [-0.3, -0.25) is 4.79 Å². The van der Waals surface area contributed by atoms with Crippen LogP contribution in [0.1, 0.15) is 32.6 Å². The molecule has 0 spiro atoms. The summed E-state index contributed by atoms with van der Waals surface area (Å²) in [6, 6.07) is -1.53. The van der Waals surface area contributed by atoms with E-state index in [4.69, 9.17) is 5.11 Å². The molecule has 0 unspecified atom stereocenters. The molecule has 1 heterocycles. The number of nitrogens with zero attached hydrogens (tertiary/aromatic N) is 1. The summed E-state index contributed by atoms with van der Waals surface area (Å²) in [5, 5.41) is 13.6. The van der Waals surface area contributed by atoms with E-state index >= 15 is 0 Å². The van der Waals surface area contributed by atoms with E-state index in [9.17, 15) is 14.4 Å². The second-order valence-electron chi connectivity index (χ2n) is 4.59. The van der Waals surface area contributed by atoms with Crippen molar-refractivity contribution >= 4 is 17.9 Å². The predicted molar refractivity (Wildman–Crippen MR) is 68.7 cm³/mol. The van der Waals surface area contributed by atoms with E-state index in [1.165, 1.54) is 0 Å². The number of nitrogens with one attached hydrogen (secondary N) is 2. The van der Waals surface area contributed by atoms with Crippen LogP contribution in [0.3, 0.4) is 0 Å². The van der Waals surface area contributed by atoms with Gasteiger partial charge >= 0.3 is 12.0 Å². The molecule has 1 fully saturated rings. The predicted octanol–water partition coefficient (Wildman–Crippen LogP) is 0.161. The van der Waals surface area contributed by atoms with Gasteiger partial charge in [-0.15, -0.1) is 0 Å². The van der Waals surface area contributed by atoms with E-state index in [0.717, 1.165) is 25.9 Å². The summed E-state index contributed by atoms with van der Waals surface area (Å²) in [5.74, 6) is -1.20. The molecule has 1 aliphatic heterocycles. The molecule has 3 amide bonds. The lowest BCUT2D eigenvalue weighted by atomic mass is 10.2. The molecule has 1 atom stereocenters. The quantitative estimate of drug-likeness (QED) is 0.641. The van der Waals surface area contributed by atoms with Crippen LogP contribution in [0.4, 0.5) is 4.79 Å². The van der Waals surface area contributed by atoms with Crippen LogP contribution in [0.15, 0.2) is 0 Å². The fourth-order valence-electron chi connectivity index (χ4n) is 1.99. The molecular weight excluding hydrogens is 250 g/mol. The fraction of sp³-hybridized carbons (Fsp3) is 0.750. The van der Waals surface area contributed by atoms with Gasteiger partial charge in [0.25, 0.3) is 0 Å². The minimum Gasteiger partial charge on any atom is -0.480 e. The number of urea groups is 1. The van der Waals surface area contributed by atoms with Crippen molar-refractivity contribution < 1.29 is 19.5 Å². The van der Waals surface area contributed by atoms with Crippen LogP contribution in [0, 0.1) is 0 Å². The van der Waals surface area contributed by atoms with Gasteiger partial charge in [-0.1, -0.05) is 13.3 Å². The first kappa shape index (κ1) is 15.3. The van der Waals surface area contributed by atoms with E-state index in [2.05, 4.69) is 10.6 Å². The first-order chi connectivity index (χ1) is 9.04. The topological polar surface area (TPSA) is 98.7 Å². The van der Waals surface area contributed by atoms with Crippen LogP contribution >= 0.6 is 0 Å². The van der Waals surface area contributed by atoms with Gasteiger partial charge in [0.1, 0.15) is 6.04 Å². The average molecular weight is 271 g/mol. The second kappa shape index (κ2) is 7.60. The van der Waals surface area contributed by atoms with Crippen molar-refractivity contribution in [2.24, 2.45) is 0 Å². The molecule has 0 saturated carbocycles. The SMILES string of the molecule is CCC[C@H](NC(=O)NCC(=O)N1CCCC1)C(=O)O. The molecule has 0 aromatic rings. The third-order valence-electron chi connectivity index (χ3n) is 3.04. The van der Waals surface area contributed by atoms with Gasteiger partial charge in [-0.25, -0.2) is 9.59 Å². The zero-order valence-corrected chi connectivity index (χ0v) is 11.1. The van der Waals surface area contributed by atoms with E-state index in [0.29, 0.717) is 12.8 Å². The van der Waals surface area contributed by atoms with Gasteiger partial charge in [-0.2, -0.15) is 0 Å². The van der Waals surface area contributed by atoms with Crippen LogP contribution in [-0.4, -0.2) is 53.6 Å². The molecule has 1 saturated heterocycles. The number of carbonyl (C=O) groups is 3. The summed E-state index contributed by atoms with van der Waals surface area (Å²) in [7, 11) is 0. The Balaban J connectivity index is 2.29. The second-order valence-corrected chi connectivity index (χ2v) is 4.59. The normalized spacial score (nSPS) is 15.9. The van der Waals surface area contributed by atoms with Crippen LogP contribution in [0.2, 0.25) is 0 Å². The van der Waals surface area contributed by atoms with Crippen molar-refractivity contribution in [3.63, 3.8) is 0 Å². The maximum atomic E-state index is 11.7. The number of carboxylic acids is 1. The third-order valence-corrected chi connectivity index (χ3v) is 3.04. The highest BCUT2D eigenvalue weighted by Gasteiger charge is 2.21. The van der Waals surface area contributed by atoms with E-state index < -0.39 is 18.0 Å². The number of carbonyl (C=O) groups excluding carboxylic acids is 2. The van der Waals surface area contributed by atoms with E-state index in [1.54, 1.807) is 4.90 Å². The van der Waals surface area contributed by atoms with Crippen molar-refractivity contribution in [3.8, 4) is 0 Å². The lowest BCUT2D eigenvalue weighted by Gasteiger charge is -2.17. The van der Waals surface area contributed by atoms with Crippen molar-refractivity contribution in [2.45, 2.75) is 38.6 Å². The number of hydrogen-bond donors (Lipinski definition) is 3. The maximum absolute atomic E-state index is 11.7. The molecule has 3 N–H and O–H groups in total. The number of aliphatic carboxylic acids is 1. The van der Waals surface area contributed by atoms with E-state index in [-0.39, 0.29) is 12.5 Å². The Morgan fingerprint density at radius 2 is 1.89 bits per heavy atom. The number of hydrogen-bond acceptors (Lipinski definition) is 3. The Bertz CT molecular complexity index is 340. The molecule has 0 bridgehead atoms. The highest BCUT2D eigenvalue weighted by molar-refractivity contribution is 5.86. The van der Waals surface area contributed by atoms with Crippen LogP contribution in [-0.2, 0) is 9.59 Å². The Morgan fingerprint density at radius 3 is 2.42 bits per heavy atom. The van der Waals surface area contributed by atoms with Crippen LogP contribution < -0.4 is 10.6 Å².